The average Bonchev–Trinajstić information content (AvgIpc) is 2.50. The van der Waals surface area contributed by atoms with Crippen LogP contribution in [0.25, 0.3) is 0 Å². The third-order valence-electron chi connectivity index (χ3n) is 2.89. The van der Waals surface area contributed by atoms with Gasteiger partial charge in [-0.3, -0.25) is 10.1 Å². The molecule has 3 N–H and O–H groups in total. The zero-order chi connectivity index (χ0) is 15.1. The van der Waals surface area contributed by atoms with Gasteiger partial charge in [0.15, 0.2) is 0 Å². The molecule has 0 bridgehead atoms. The van der Waals surface area contributed by atoms with Crippen LogP contribution in [0.5, 0.6) is 0 Å². The SMILES string of the molecule is CCOC(=O)Nc1ccc(NC(=O)C2CNCCO2)cc1. The molecule has 1 fully saturated rings. The monoisotopic (exact) mass is 293 g/mol. The Morgan fingerprint density at radius 2 is 1.95 bits per heavy atom. The van der Waals surface area contributed by atoms with Crippen molar-refractivity contribution in [3.8, 4) is 0 Å². The minimum Gasteiger partial charge on any atom is -0.450 e. The summed E-state index contributed by atoms with van der Waals surface area (Å²) in [5.74, 6) is -0.187. The fraction of sp³-hybridized carbons (Fsp3) is 0.429. The predicted molar refractivity (Wildman–Crippen MR) is 78.3 cm³/mol. The maximum atomic E-state index is 11.9. The van der Waals surface area contributed by atoms with Crippen molar-refractivity contribution in [1.82, 2.24) is 5.32 Å². The second-order valence-electron chi connectivity index (χ2n) is 4.48. The molecule has 1 aliphatic rings. The Morgan fingerprint density at radius 1 is 1.29 bits per heavy atom. The van der Waals surface area contributed by atoms with Crippen LogP contribution in [0.15, 0.2) is 24.3 Å². The van der Waals surface area contributed by atoms with Crippen molar-refractivity contribution in [2.24, 2.45) is 0 Å². The first kappa shape index (κ1) is 15.3. The highest BCUT2D eigenvalue weighted by Gasteiger charge is 2.21. The zero-order valence-electron chi connectivity index (χ0n) is 11.8. The molecule has 21 heavy (non-hydrogen) atoms. The van der Waals surface area contributed by atoms with Gasteiger partial charge in [-0.05, 0) is 31.2 Å². The summed E-state index contributed by atoms with van der Waals surface area (Å²) in [7, 11) is 0. The second kappa shape index (κ2) is 7.61. The van der Waals surface area contributed by atoms with E-state index in [1.165, 1.54) is 0 Å². The van der Waals surface area contributed by atoms with Crippen molar-refractivity contribution in [2.75, 3.05) is 36.9 Å². The van der Waals surface area contributed by atoms with E-state index in [9.17, 15) is 9.59 Å². The molecule has 114 valence electrons. The summed E-state index contributed by atoms with van der Waals surface area (Å²) < 4.78 is 10.1. The van der Waals surface area contributed by atoms with Gasteiger partial charge >= 0.3 is 6.09 Å². The van der Waals surface area contributed by atoms with E-state index in [1.807, 2.05) is 0 Å². The minimum absolute atomic E-state index is 0.187. The smallest absolute Gasteiger partial charge is 0.411 e. The summed E-state index contributed by atoms with van der Waals surface area (Å²) in [4.78, 5) is 23.2. The quantitative estimate of drug-likeness (QED) is 0.776. The second-order valence-corrected chi connectivity index (χ2v) is 4.48. The highest BCUT2D eigenvalue weighted by molar-refractivity contribution is 5.94. The molecule has 2 amide bonds. The van der Waals surface area contributed by atoms with E-state index in [1.54, 1.807) is 31.2 Å². The highest BCUT2D eigenvalue weighted by Crippen LogP contribution is 2.14. The van der Waals surface area contributed by atoms with E-state index in [2.05, 4.69) is 16.0 Å². The van der Waals surface area contributed by atoms with Gasteiger partial charge in [0.05, 0.1) is 13.2 Å². The Bertz CT molecular complexity index is 483. The largest absolute Gasteiger partial charge is 0.450 e. The lowest BCUT2D eigenvalue weighted by molar-refractivity contribution is -0.128. The number of nitrogens with one attached hydrogen (secondary N) is 3. The minimum atomic E-state index is -0.504. The van der Waals surface area contributed by atoms with E-state index in [4.69, 9.17) is 9.47 Å². The Morgan fingerprint density at radius 3 is 2.52 bits per heavy atom. The summed E-state index contributed by atoms with van der Waals surface area (Å²) in [5, 5.41) is 8.44. The molecule has 1 heterocycles. The first-order valence-electron chi connectivity index (χ1n) is 6.86. The predicted octanol–water partition coefficient (Wildman–Crippen LogP) is 1.18. The number of carbonyl (C=O) groups is 2. The van der Waals surface area contributed by atoms with Gasteiger partial charge in [0.2, 0.25) is 0 Å². The van der Waals surface area contributed by atoms with Crippen molar-refractivity contribution in [3.63, 3.8) is 0 Å². The average molecular weight is 293 g/mol. The number of morpholine rings is 1. The van der Waals surface area contributed by atoms with Gasteiger partial charge in [0.1, 0.15) is 6.10 Å². The lowest BCUT2D eigenvalue weighted by Crippen LogP contribution is -2.45. The molecular weight excluding hydrogens is 274 g/mol. The first-order valence-corrected chi connectivity index (χ1v) is 6.86. The molecule has 1 aromatic carbocycles. The van der Waals surface area contributed by atoms with Crippen molar-refractivity contribution in [1.29, 1.82) is 0 Å². The van der Waals surface area contributed by atoms with Crippen molar-refractivity contribution >= 4 is 23.4 Å². The number of benzene rings is 1. The molecule has 0 saturated carbocycles. The summed E-state index contributed by atoms with van der Waals surface area (Å²) in [5.41, 5.74) is 1.24. The zero-order valence-corrected chi connectivity index (χ0v) is 11.8. The summed E-state index contributed by atoms with van der Waals surface area (Å²) in [6.45, 7) is 3.85. The number of hydrogen-bond acceptors (Lipinski definition) is 5. The van der Waals surface area contributed by atoms with Crippen LogP contribution in [0.2, 0.25) is 0 Å². The molecule has 7 heteroatoms. The van der Waals surface area contributed by atoms with Gasteiger partial charge in [-0.15, -0.1) is 0 Å². The topological polar surface area (TPSA) is 88.7 Å². The first-order chi connectivity index (χ1) is 10.2. The summed E-state index contributed by atoms with van der Waals surface area (Å²) in [6, 6.07) is 6.78. The molecule has 1 unspecified atom stereocenters. The third kappa shape index (κ3) is 4.73. The van der Waals surface area contributed by atoms with E-state index < -0.39 is 12.2 Å². The van der Waals surface area contributed by atoms with Crippen molar-refractivity contribution in [2.45, 2.75) is 13.0 Å². The maximum absolute atomic E-state index is 11.9. The van der Waals surface area contributed by atoms with Crippen LogP contribution in [0.3, 0.4) is 0 Å². The third-order valence-corrected chi connectivity index (χ3v) is 2.89. The molecule has 1 saturated heterocycles. The van der Waals surface area contributed by atoms with Crippen molar-refractivity contribution in [3.05, 3.63) is 24.3 Å². The standard InChI is InChI=1S/C14H19N3O4/c1-2-20-14(19)17-11-5-3-10(4-6-11)16-13(18)12-9-15-7-8-21-12/h3-6,12,15H,2,7-9H2,1H3,(H,16,18)(H,17,19). The Kier molecular flexibility index (Phi) is 5.53. The Balaban J connectivity index is 1.86. The van der Waals surface area contributed by atoms with E-state index >= 15 is 0 Å². The van der Waals surface area contributed by atoms with Crippen LogP contribution in [-0.4, -0.2) is 44.4 Å². The fourth-order valence-electron chi connectivity index (χ4n) is 1.88. The molecule has 1 aromatic rings. The molecule has 2 rings (SSSR count). The van der Waals surface area contributed by atoms with Crippen LogP contribution in [0.1, 0.15) is 6.92 Å². The van der Waals surface area contributed by atoms with Gasteiger partial charge in [0, 0.05) is 24.5 Å². The molecule has 0 aliphatic carbocycles. The number of carbonyl (C=O) groups excluding carboxylic acids is 2. The van der Waals surface area contributed by atoms with E-state index in [0.29, 0.717) is 31.1 Å². The van der Waals surface area contributed by atoms with Gasteiger partial charge < -0.3 is 20.1 Å². The lowest BCUT2D eigenvalue weighted by Gasteiger charge is -2.22. The van der Waals surface area contributed by atoms with Crippen LogP contribution in [0, 0.1) is 0 Å². The van der Waals surface area contributed by atoms with E-state index in [-0.39, 0.29) is 5.91 Å². The number of hydrogen-bond donors (Lipinski definition) is 3. The molecular formula is C14H19N3O4. The molecule has 0 radical (unpaired) electrons. The molecule has 0 spiro atoms. The van der Waals surface area contributed by atoms with Crippen LogP contribution in [0.4, 0.5) is 16.2 Å². The molecule has 1 atom stereocenters. The Hall–Kier alpha value is -2.12. The summed E-state index contributed by atoms with van der Waals surface area (Å²) >= 11 is 0. The fourth-order valence-corrected chi connectivity index (χ4v) is 1.88. The number of anilines is 2. The van der Waals surface area contributed by atoms with Gasteiger partial charge in [-0.2, -0.15) is 0 Å². The maximum Gasteiger partial charge on any atom is 0.411 e. The number of amides is 2. The van der Waals surface area contributed by atoms with Gasteiger partial charge in [-0.25, -0.2) is 4.79 Å². The molecule has 1 aliphatic heterocycles. The normalized spacial score (nSPS) is 17.9. The summed E-state index contributed by atoms with van der Waals surface area (Å²) in [6.07, 6.45) is -0.980. The van der Waals surface area contributed by atoms with Gasteiger partial charge in [0.25, 0.3) is 5.91 Å². The van der Waals surface area contributed by atoms with Crippen molar-refractivity contribution < 1.29 is 19.1 Å². The Labute approximate surface area is 123 Å². The van der Waals surface area contributed by atoms with Crippen LogP contribution >= 0.6 is 0 Å². The van der Waals surface area contributed by atoms with E-state index in [0.717, 1.165) is 6.54 Å². The number of ether oxygens (including phenoxy) is 2. The molecule has 0 aromatic heterocycles. The van der Waals surface area contributed by atoms with Crippen LogP contribution in [-0.2, 0) is 14.3 Å². The van der Waals surface area contributed by atoms with Gasteiger partial charge in [-0.1, -0.05) is 0 Å². The molecule has 7 nitrogen and oxygen atoms in total. The number of rotatable bonds is 4. The highest BCUT2D eigenvalue weighted by atomic mass is 16.5. The van der Waals surface area contributed by atoms with Crippen LogP contribution < -0.4 is 16.0 Å². The lowest BCUT2D eigenvalue weighted by atomic mass is 10.2.